The number of ether oxygens (including phenoxy) is 3. The maximum atomic E-state index is 6.26. The van der Waals surface area contributed by atoms with Crippen LogP contribution in [0, 0.1) is 0 Å². The van der Waals surface area contributed by atoms with Crippen molar-refractivity contribution in [3.8, 4) is 17.5 Å². The molecule has 0 fully saturated rings. The molecule has 1 rings (SSSR count). The van der Waals surface area contributed by atoms with E-state index in [-0.39, 0.29) is 40.1 Å². The van der Waals surface area contributed by atoms with Crippen molar-refractivity contribution in [2.45, 2.75) is 59.9 Å². The van der Waals surface area contributed by atoms with Crippen LogP contribution in [-0.2, 0) is 0 Å². The van der Waals surface area contributed by atoms with Gasteiger partial charge in [-0.2, -0.15) is 4.98 Å². The van der Waals surface area contributed by atoms with Gasteiger partial charge in [-0.1, -0.05) is 23.2 Å². The second kappa shape index (κ2) is 7.23. The molecule has 0 aromatic carbocycles. The minimum absolute atomic E-state index is 0.0695. The molecule has 0 saturated carbocycles. The predicted octanol–water partition coefficient (Wildman–Crippen LogP) is 4.75. The van der Waals surface area contributed by atoms with E-state index in [4.69, 9.17) is 37.4 Å². The minimum Gasteiger partial charge on any atom is -0.487 e. The van der Waals surface area contributed by atoms with E-state index in [1.54, 1.807) is 0 Å². The first kappa shape index (κ1) is 17.2. The Morgan fingerprint density at radius 1 is 0.700 bits per heavy atom. The number of aromatic nitrogens is 1. The summed E-state index contributed by atoms with van der Waals surface area (Å²) in [4.78, 5) is 4.23. The lowest BCUT2D eigenvalue weighted by Crippen LogP contribution is -2.13. The Balaban J connectivity index is 3.31. The molecule has 0 N–H and O–H groups in total. The predicted molar refractivity (Wildman–Crippen MR) is 81.5 cm³/mol. The van der Waals surface area contributed by atoms with Gasteiger partial charge in [-0.05, 0) is 41.5 Å². The SMILES string of the molecule is CC(C)Oc1nc(OC(C)C)c(Cl)c(OC(C)C)c1Cl. The largest absolute Gasteiger partial charge is 0.487 e. The molecule has 114 valence electrons. The number of hydrogen-bond acceptors (Lipinski definition) is 4. The van der Waals surface area contributed by atoms with Gasteiger partial charge in [-0.3, -0.25) is 0 Å². The van der Waals surface area contributed by atoms with Gasteiger partial charge in [-0.25, -0.2) is 0 Å². The Labute approximate surface area is 130 Å². The summed E-state index contributed by atoms with van der Waals surface area (Å²) in [6, 6.07) is 0. The summed E-state index contributed by atoms with van der Waals surface area (Å²) in [5.41, 5.74) is 0. The highest BCUT2D eigenvalue weighted by molar-refractivity contribution is 6.38. The molecular formula is C14H21Cl2NO3. The van der Waals surface area contributed by atoms with Crippen LogP contribution in [0.25, 0.3) is 0 Å². The smallest absolute Gasteiger partial charge is 0.240 e. The van der Waals surface area contributed by atoms with Gasteiger partial charge in [0.05, 0.1) is 18.3 Å². The van der Waals surface area contributed by atoms with Gasteiger partial charge in [-0.15, -0.1) is 0 Å². The summed E-state index contributed by atoms with van der Waals surface area (Å²) >= 11 is 12.5. The molecule has 6 heteroatoms. The van der Waals surface area contributed by atoms with E-state index < -0.39 is 0 Å². The summed E-state index contributed by atoms with van der Waals surface area (Å²) in [6.07, 6.45) is -0.217. The maximum Gasteiger partial charge on any atom is 0.240 e. The van der Waals surface area contributed by atoms with E-state index in [9.17, 15) is 0 Å². The van der Waals surface area contributed by atoms with Crippen molar-refractivity contribution in [2.24, 2.45) is 0 Å². The van der Waals surface area contributed by atoms with E-state index in [1.807, 2.05) is 41.5 Å². The lowest BCUT2D eigenvalue weighted by Gasteiger charge is -2.19. The van der Waals surface area contributed by atoms with Crippen molar-refractivity contribution in [1.29, 1.82) is 0 Å². The normalized spacial score (nSPS) is 11.3. The molecule has 20 heavy (non-hydrogen) atoms. The quantitative estimate of drug-likeness (QED) is 0.758. The highest BCUT2D eigenvalue weighted by Crippen LogP contribution is 2.44. The number of hydrogen-bond donors (Lipinski definition) is 0. The summed E-state index contributed by atoms with van der Waals surface area (Å²) in [5.74, 6) is 0.861. The van der Waals surface area contributed by atoms with Crippen LogP contribution in [0.3, 0.4) is 0 Å². The average Bonchev–Trinajstić information content (AvgIpc) is 2.29. The van der Waals surface area contributed by atoms with Crippen LogP contribution < -0.4 is 14.2 Å². The molecule has 0 unspecified atom stereocenters. The fourth-order valence-corrected chi connectivity index (χ4v) is 1.92. The molecule has 0 radical (unpaired) electrons. The van der Waals surface area contributed by atoms with E-state index in [0.29, 0.717) is 5.75 Å². The molecule has 1 heterocycles. The second-order valence-electron chi connectivity index (χ2n) is 5.18. The van der Waals surface area contributed by atoms with Gasteiger partial charge < -0.3 is 14.2 Å². The summed E-state index contributed by atoms with van der Waals surface area (Å²) in [7, 11) is 0. The summed E-state index contributed by atoms with van der Waals surface area (Å²) < 4.78 is 16.8. The lowest BCUT2D eigenvalue weighted by molar-refractivity contribution is 0.202. The first-order chi connectivity index (χ1) is 9.22. The van der Waals surface area contributed by atoms with Crippen LogP contribution in [0.5, 0.6) is 17.5 Å². The average molecular weight is 322 g/mol. The van der Waals surface area contributed by atoms with Gasteiger partial charge in [0.25, 0.3) is 0 Å². The first-order valence-electron chi connectivity index (χ1n) is 6.61. The zero-order chi connectivity index (χ0) is 15.4. The van der Waals surface area contributed by atoms with Gasteiger partial charge >= 0.3 is 0 Å². The van der Waals surface area contributed by atoms with Gasteiger partial charge in [0, 0.05) is 0 Å². The summed E-state index contributed by atoms with van der Waals surface area (Å²) in [5, 5.41) is 0.516. The zero-order valence-corrected chi connectivity index (χ0v) is 14.2. The minimum atomic E-state index is -0.0776. The topological polar surface area (TPSA) is 40.6 Å². The molecular weight excluding hydrogens is 301 g/mol. The molecule has 0 aliphatic rings. The Morgan fingerprint density at radius 3 is 1.35 bits per heavy atom. The molecule has 0 aliphatic carbocycles. The van der Waals surface area contributed by atoms with Crippen LogP contribution in [0.4, 0.5) is 0 Å². The third-order valence-corrected chi connectivity index (χ3v) is 2.69. The summed E-state index contributed by atoms with van der Waals surface area (Å²) in [6.45, 7) is 11.3. The molecule has 0 atom stereocenters. The standard InChI is InChI=1S/C14H21Cl2NO3/c1-7(2)18-12-10(15)13(19-8(3)4)17-14(11(12)16)20-9(5)6/h7-9H,1-6H3. The molecule has 1 aromatic rings. The molecule has 0 amide bonds. The molecule has 0 aliphatic heterocycles. The Bertz CT molecular complexity index is 428. The number of rotatable bonds is 6. The fourth-order valence-electron chi connectivity index (χ4n) is 1.42. The highest BCUT2D eigenvalue weighted by Gasteiger charge is 2.23. The zero-order valence-electron chi connectivity index (χ0n) is 12.7. The van der Waals surface area contributed by atoms with E-state index in [0.717, 1.165) is 0 Å². The Morgan fingerprint density at radius 2 is 1.05 bits per heavy atom. The molecule has 4 nitrogen and oxygen atoms in total. The van der Waals surface area contributed by atoms with Crippen molar-refractivity contribution in [3.63, 3.8) is 0 Å². The van der Waals surface area contributed by atoms with Crippen LogP contribution >= 0.6 is 23.2 Å². The fraction of sp³-hybridized carbons (Fsp3) is 0.643. The molecule has 0 saturated heterocycles. The van der Waals surface area contributed by atoms with E-state index in [2.05, 4.69) is 4.98 Å². The van der Waals surface area contributed by atoms with Crippen molar-refractivity contribution >= 4 is 23.2 Å². The number of halogens is 2. The van der Waals surface area contributed by atoms with Crippen LogP contribution in [0.1, 0.15) is 41.5 Å². The van der Waals surface area contributed by atoms with Crippen LogP contribution in [-0.4, -0.2) is 23.3 Å². The Hall–Kier alpha value is -0.870. The van der Waals surface area contributed by atoms with Crippen LogP contribution in [0.2, 0.25) is 10.0 Å². The lowest BCUT2D eigenvalue weighted by atomic mass is 10.3. The van der Waals surface area contributed by atoms with Crippen molar-refractivity contribution in [2.75, 3.05) is 0 Å². The van der Waals surface area contributed by atoms with Gasteiger partial charge in [0.1, 0.15) is 10.0 Å². The number of pyridine rings is 1. The monoisotopic (exact) mass is 321 g/mol. The Kier molecular flexibility index (Phi) is 6.21. The number of nitrogens with zero attached hydrogens (tertiary/aromatic N) is 1. The first-order valence-corrected chi connectivity index (χ1v) is 7.36. The molecule has 0 spiro atoms. The highest BCUT2D eigenvalue weighted by atomic mass is 35.5. The second-order valence-corrected chi connectivity index (χ2v) is 5.93. The van der Waals surface area contributed by atoms with Crippen LogP contribution in [0.15, 0.2) is 0 Å². The van der Waals surface area contributed by atoms with Gasteiger partial charge in [0.2, 0.25) is 11.8 Å². The molecule has 1 aromatic heterocycles. The van der Waals surface area contributed by atoms with Crippen molar-refractivity contribution in [1.82, 2.24) is 4.98 Å². The third-order valence-electron chi connectivity index (χ3n) is 2.03. The van der Waals surface area contributed by atoms with Gasteiger partial charge in [0.15, 0.2) is 5.75 Å². The van der Waals surface area contributed by atoms with Crippen molar-refractivity contribution < 1.29 is 14.2 Å². The maximum absolute atomic E-state index is 6.26. The third kappa shape index (κ3) is 4.60. The van der Waals surface area contributed by atoms with Crippen molar-refractivity contribution in [3.05, 3.63) is 10.0 Å². The van der Waals surface area contributed by atoms with E-state index in [1.165, 1.54) is 0 Å². The van der Waals surface area contributed by atoms with E-state index >= 15 is 0 Å². The molecule has 0 bridgehead atoms.